The molecule has 1 aromatic rings. The molecule has 0 spiro atoms. The predicted octanol–water partition coefficient (Wildman–Crippen LogP) is 3.03. The first-order valence-corrected chi connectivity index (χ1v) is 5.38. The van der Waals surface area contributed by atoms with E-state index in [9.17, 15) is 0 Å². The molecular formula is C12H17NO. The van der Waals surface area contributed by atoms with Gasteiger partial charge < -0.3 is 9.64 Å². The van der Waals surface area contributed by atoms with Crippen LogP contribution in [0.2, 0.25) is 0 Å². The molecule has 1 aliphatic rings. The predicted molar refractivity (Wildman–Crippen MR) is 58.8 cm³/mol. The first-order valence-electron chi connectivity index (χ1n) is 5.38. The van der Waals surface area contributed by atoms with E-state index in [4.69, 9.17) is 4.74 Å². The van der Waals surface area contributed by atoms with Crippen molar-refractivity contribution in [3.63, 3.8) is 0 Å². The monoisotopic (exact) mass is 191 g/mol. The third-order valence-electron chi connectivity index (χ3n) is 2.61. The highest BCUT2D eigenvalue weighted by Crippen LogP contribution is 2.33. The summed E-state index contributed by atoms with van der Waals surface area (Å²) in [6.07, 6.45) is 3.84. The van der Waals surface area contributed by atoms with Gasteiger partial charge in [0.05, 0.1) is 5.69 Å². The Morgan fingerprint density at radius 2 is 2.14 bits per heavy atom. The zero-order valence-electron chi connectivity index (χ0n) is 8.70. The number of anilines is 1. The molecule has 14 heavy (non-hydrogen) atoms. The third kappa shape index (κ3) is 1.84. The van der Waals surface area contributed by atoms with Gasteiger partial charge in [0.25, 0.3) is 0 Å². The molecule has 0 bridgehead atoms. The normalized spacial score (nSPS) is 13.9. The Morgan fingerprint density at radius 1 is 1.29 bits per heavy atom. The summed E-state index contributed by atoms with van der Waals surface area (Å²) >= 11 is 0. The quantitative estimate of drug-likeness (QED) is 0.678. The van der Waals surface area contributed by atoms with Gasteiger partial charge >= 0.3 is 0 Å². The van der Waals surface area contributed by atoms with E-state index in [1.165, 1.54) is 24.9 Å². The van der Waals surface area contributed by atoms with Crippen molar-refractivity contribution in [2.75, 3.05) is 18.2 Å². The van der Waals surface area contributed by atoms with Crippen molar-refractivity contribution in [2.24, 2.45) is 0 Å². The summed E-state index contributed by atoms with van der Waals surface area (Å²) in [7, 11) is 0. The van der Waals surface area contributed by atoms with Crippen LogP contribution < -0.4 is 9.64 Å². The minimum Gasteiger partial charge on any atom is -0.471 e. The van der Waals surface area contributed by atoms with Gasteiger partial charge in [-0.25, -0.2) is 0 Å². The number of para-hydroxylation sites is 2. The van der Waals surface area contributed by atoms with E-state index in [1.54, 1.807) is 0 Å². The molecular weight excluding hydrogens is 174 g/mol. The van der Waals surface area contributed by atoms with Crippen molar-refractivity contribution < 1.29 is 4.74 Å². The van der Waals surface area contributed by atoms with E-state index in [2.05, 4.69) is 24.0 Å². The lowest BCUT2D eigenvalue weighted by Crippen LogP contribution is -2.23. The molecule has 0 atom stereocenters. The topological polar surface area (TPSA) is 12.5 Å². The van der Waals surface area contributed by atoms with Crippen molar-refractivity contribution in [2.45, 2.75) is 26.2 Å². The first-order chi connectivity index (χ1) is 6.92. The number of benzene rings is 1. The molecule has 0 amide bonds. The number of hydrogen-bond acceptors (Lipinski definition) is 2. The van der Waals surface area contributed by atoms with Gasteiger partial charge in [-0.05, 0) is 18.6 Å². The Hall–Kier alpha value is -1.18. The molecule has 0 aromatic heterocycles. The largest absolute Gasteiger partial charge is 0.471 e. The highest BCUT2D eigenvalue weighted by Gasteiger charge is 2.18. The molecule has 76 valence electrons. The van der Waals surface area contributed by atoms with Crippen molar-refractivity contribution in [3.05, 3.63) is 24.3 Å². The van der Waals surface area contributed by atoms with Crippen LogP contribution in [-0.2, 0) is 0 Å². The second kappa shape index (κ2) is 4.36. The average Bonchev–Trinajstić information content (AvgIpc) is 2.63. The first kappa shape index (κ1) is 9.38. The minimum absolute atomic E-state index is 0.725. The maximum atomic E-state index is 5.57. The molecule has 0 saturated heterocycles. The van der Waals surface area contributed by atoms with E-state index < -0.39 is 0 Å². The Bertz CT molecular complexity index is 298. The lowest BCUT2D eigenvalue weighted by Gasteiger charge is -2.15. The van der Waals surface area contributed by atoms with Gasteiger partial charge in [0.1, 0.15) is 5.75 Å². The van der Waals surface area contributed by atoms with Crippen LogP contribution in [0.4, 0.5) is 5.69 Å². The number of ether oxygens (including phenoxy) is 1. The Balaban J connectivity index is 1.96. The van der Waals surface area contributed by atoms with Crippen molar-refractivity contribution >= 4 is 5.69 Å². The lowest BCUT2D eigenvalue weighted by atomic mass is 10.2. The molecule has 1 aliphatic heterocycles. The van der Waals surface area contributed by atoms with Crippen LogP contribution in [0.25, 0.3) is 0 Å². The van der Waals surface area contributed by atoms with Crippen LogP contribution in [0, 0.1) is 0 Å². The SMILES string of the molecule is CCCCCN1COc2ccccc21. The van der Waals surface area contributed by atoms with E-state index in [0.29, 0.717) is 0 Å². The molecule has 0 radical (unpaired) electrons. The summed E-state index contributed by atoms with van der Waals surface area (Å²) in [5.41, 5.74) is 1.25. The van der Waals surface area contributed by atoms with Crippen LogP contribution in [-0.4, -0.2) is 13.3 Å². The zero-order valence-corrected chi connectivity index (χ0v) is 8.70. The molecule has 0 fully saturated rings. The van der Waals surface area contributed by atoms with Gasteiger partial charge in [-0.15, -0.1) is 0 Å². The van der Waals surface area contributed by atoms with Gasteiger partial charge in [0.15, 0.2) is 6.73 Å². The number of rotatable bonds is 4. The Kier molecular flexibility index (Phi) is 2.92. The fourth-order valence-electron chi connectivity index (χ4n) is 1.80. The second-order valence-electron chi connectivity index (χ2n) is 3.71. The van der Waals surface area contributed by atoms with Gasteiger partial charge in [-0.3, -0.25) is 0 Å². The van der Waals surface area contributed by atoms with Crippen molar-refractivity contribution in [3.8, 4) is 5.75 Å². The molecule has 0 saturated carbocycles. The van der Waals surface area contributed by atoms with Gasteiger partial charge in [0, 0.05) is 6.54 Å². The molecule has 0 unspecified atom stereocenters. The summed E-state index contributed by atoms with van der Waals surface area (Å²) in [4.78, 5) is 2.31. The van der Waals surface area contributed by atoms with Crippen LogP contribution in [0.5, 0.6) is 5.75 Å². The number of fused-ring (bicyclic) bond motifs is 1. The summed E-state index contributed by atoms with van der Waals surface area (Å²) in [6.45, 7) is 4.07. The number of unbranched alkanes of at least 4 members (excludes halogenated alkanes) is 2. The smallest absolute Gasteiger partial charge is 0.161 e. The summed E-state index contributed by atoms with van der Waals surface area (Å²) in [5.74, 6) is 1.03. The van der Waals surface area contributed by atoms with Gasteiger partial charge in [0.2, 0.25) is 0 Å². The molecule has 2 heteroatoms. The third-order valence-corrected chi connectivity index (χ3v) is 2.61. The maximum absolute atomic E-state index is 5.57. The standard InChI is InChI=1S/C12H17NO/c1-2-3-6-9-13-10-14-12-8-5-4-7-11(12)13/h4-5,7-8H,2-3,6,9-10H2,1H3. The lowest BCUT2D eigenvalue weighted by molar-refractivity contribution is 0.345. The van der Waals surface area contributed by atoms with Crippen molar-refractivity contribution in [1.82, 2.24) is 0 Å². The fourth-order valence-corrected chi connectivity index (χ4v) is 1.80. The molecule has 2 nitrogen and oxygen atoms in total. The summed E-state index contributed by atoms with van der Waals surface area (Å²) in [5, 5.41) is 0. The zero-order chi connectivity index (χ0) is 9.80. The van der Waals surface area contributed by atoms with Crippen LogP contribution >= 0.6 is 0 Å². The summed E-state index contributed by atoms with van der Waals surface area (Å²) < 4.78 is 5.57. The van der Waals surface area contributed by atoms with Crippen LogP contribution in [0.3, 0.4) is 0 Å². The highest BCUT2D eigenvalue weighted by molar-refractivity contribution is 5.60. The second-order valence-corrected chi connectivity index (χ2v) is 3.71. The Morgan fingerprint density at radius 3 is 3.00 bits per heavy atom. The highest BCUT2D eigenvalue weighted by atomic mass is 16.5. The van der Waals surface area contributed by atoms with Gasteiger partial charge in [-0.1, -0.05) is 31.9 Å². The Labute approximate surface area is 85.5 Å². The van der Waals surface area contributed by atoms with E-state index >= 15 is 0 Å². The van der Waals surface area contributed by atoms with Crippen LogP contribution in [0.1, 0.15) is 26.2 Å². The number of hydrogen-bond donors (Lipinski definition) is 0. The molecule has 2 rings (SSSR count). The van der Waals surface area contributed by atoms with E-state index in [-0.39, 0.29) is 0 Å². The molecule has 1 heterocycles. The van der Waals surface area contributed by atoms with E-state index in [1.807, 2.05) is 12.1 Å². The summed E-state index contributed by atoms with van der Waals surface area (Å²) in [6, 6.07) is 8.26. The van der Waals surface area contributed by atoms with Gasteiger partial charge in [-0.2, -0.15) is 0 Å². The molecule has 0 aliphatic carbocycles. The van der Waals surface area contributed by atoms with Crippen molar-refractivity contribution in [1.29, 1.82) is 0 Å². The van der Waals surface area contributed by atoms with E-state index in [0.717, 1.165) is 19.0 Å². The molecule has 0 N–H and O–H groups in total. The fraction of sp³-hybridized carbons (Fsp3) is 0.500. The maximum Gasteiger partial charge on any atom is 0.161 e. The number of nitrogens with zero attached hydrogens (tertiary/aromatic N) is 1. The average molecular weight is 191 g/mol. The minimum atomic E-state index is 0.725. The van der Waals surface area contributed by atoms with Crippen LogP contribution in [0.15, 0.2) is 24.3 Å². The molecule has 1 aromatic carbocycles.